The van der Waals surface area contributed by atoms with E-state index in [0.717, 1.165) is 0 Å². The summed E-state index contributed by atoms with van der Waals surface area (Å²) in [6.07, 6.45) is 1.54. The smallest absolute Gasteiger partial charge is 0.233 e. The van der Waals surface area contributed by atoms with E-state index in [1.165, 1.54) is 22.7 Å². The number of carbonyl (C=O) groups excluding carboxylic acids is 1. The summed E-state index contributed by atoms with van der Waals surface area (Å²) in [4.78, 5) is 11.9. The summed E-state index contributed by atoms with van der Waals surface area (Å²) in [7, 11) is 0. The molecule has 1 atom stereocenters. The van der Waals surface area contributed by atoms with Crippen molar-refractivity contribution in [3.8, 4) is 11.6 Å². The monoisotopic (exact) mass is 295 g/mol. The molecular weight excluding hydrogens is 278 g/mol. The zero-order valence-corrected chi connectivity index (χ0v) is 12.3. The second-order valence-electron chi connectivity index (χ2n) is 4.58. The summed E-state index contributed by atoms with van der Waals surface area (Å²) in [6, 6.07) is 3.59. The molecule has 7 nitrogen and oxygen atoms in total. The number of hydrogen-bond donors (Lipinski definition) is 2. The van der Waals surface area contributed by atoms with Gasteiger partial charge in [-0.1, -0.05) is 11.8 Å². The Morgan fingerprint density at radius 2 is 2.20 bits per heavy atom. The first kappa shape index (κ1) is 14.4. The van der Waals surface area contributed by atoms with E-state index in [-0.39, 0.29) is 17.2 Å². The van der Waals surface area contributed by atoms with E-state index >= 15 is 0 Å². The molecule has 1 unspecified atom stereocenters. The maximum absolute atomic E-state index is 11.9. The minimum Gasteiger partial charge on any atom is -0.461 e. The first-order valence-electron chi connectivity index (χ1n) is 6.20. The van der Waals surface area contributed by atoms with Crippen LogP contribution in [0.4, 0.5) is 0 Å². The molecule has 2 aromatic heterocycles. The van der Waals surface area contributed by atoms with Gasteiger partial charge in [0, 0.05) is 6.04 Å². The van der Waals surface area contributed by atoms with Crippen molar-refractivity contribution in [2.75, 3.05) is 5.84 Å². The van der Waals surface area contributed by atoms with Gasteiger partial charge >= 0.3 is 0 Å². The van der Waals surface area contributed by atoms with Gasteiger partial charge in [-0.05, 0) is 32.9 Å². The van der Waals surface area contributed by atoms with Crippen LogP contribution in [-0.4, -0.2) is 32.1 Å². The Balaban J connectivity index is 2.09. The quantitative estimate of drug-likeness (QED) is 0.636. The number of nitrogens with zero attached hydrogens (tertiary/aromatic N) is 3. The molecule has 2 aromatic rings. The van der Waals surface area contributed by atoms with Crippen molar-refractivity contribution in [1.29, 1.82) is 0 Å². The molecule has 0 saturated carbocycles. The molecule has 3 N–H and O–H groups in total. The predicted molar refractivity (Wildman–Crippen MR) is 76.5 cm³/mol. The molecular formula is C12H17N5O2S. The van der Waals surface area contributed by atoms with Crippen LogP contribution in [-0.2, 0) is 4.79 Å². The maximum Gasteiger partial charge on any atom is 0.233 e. The van der Waals surface area contributed by atoms with Crippen molar-refractivity contribution < 1.29 is 9.21 Å². The SMILES string of the molecule is CC(C)NC(=O)C(C)Sc1nnc(-c2ccco2)n1N. The highest BCUT2D eigenvalue weighted by Gasteiger charge is 2.20. The summed E-state index contributed by atoms with van der Waals surface area (Å²) in [5.74, 6) is 6.82. The first-order chi connectivity index (χ1) is 9.49. The van der Waals surface area contributed by atoms with E-state index in [1.54, 1.807) is 19.1 Å². The Bertz CT molecular complexity index is 579. The normalized spacial score (nSPS) is 12.6. The number of aromatic nitrogens is 3. The van der Waals surface area contributed by atoms with Crippen LogP contribution in [0.5, 0.6) is 0 Å². The molecule has 8 heteroatoms. The van der Waals surface area contributed by atoms with Gasteiger partial charge < -0.3 is 15.6 Å². The summed E-state index contributed by atoms with van der Waals surface area (Å²) < 4.78 is 6.55. The molecule has 2 rings (SSSR count). The molecule has 20 heavy (non-hydrogen) atoms. The molecule has 0 radical (unpaired) electrons. The van der Waals surface area contributed by atoms with E-state index in [2.05, 4.69) is 15.5 Å². The van der Waals surface area contributed by atoms with Crippen LogP contribution in [0.25, 0.3) is 11.6 Å². The Morgan fingerprint density at radius 1 is 1.45 bits per heavy atom. The average Bonchev–Trinajstić information content (AvgIpc) is 2.99. The van der Waals surface area contributed by atoms with Gasteiger partial charge in [0.05, 0.1) is 11.5 Å². The molecule has 1 amide bonds. The van der Waals surface area contributed by atoms with Gasteiger partial charge in [-0.3, -0.25) is 4.79 Å². The summed E-state index contributed by atoms with van der Waals surface area (Å²) in [5.41, 5.74) is 0. The molecule has 0 aliphatic carbocycles. The van der Waals surface area contributed by atoms with Crippen LogP contribution in [0, 0.1) is 0 Å². The van der Waals surface area contributed by atoms with Gasteiger partial charge in [-0.15, -0.1) is 10.2 Å². The lowest BCUT2D eigenvalue weighted by Crippen LogP contribution is -2.36. The number of carbonyl (C=O) groups is 1. The van der Waals surface area contributed by atoms with Crippen LogP contribution < -0.4 is 11.2 Å². The molecule has 0 aliphatic rings. The second kappa shape index (κ2) is 6.00. The van der Waals surface area contributed by atoms with Crippen molar-refractivity contribution in [1.82, 2.24) is 20.2 Å². The van der Waals surface area contributed by atoms with Crippen molar-refractivity contribution in [2.45, 2.75) is 37.2 Å². The summed E-state index contributed by atoms with van der Waals surface area (Å²) >= 11 is 1.25. The fourth-order valence-electron chi connectivity index (χ4n) is 1.54. The van der Waals surface area contributed by atoms with Gasteiger partial charge in [-0.2, -0.15) is 0 Å². The number of rotatable bonds is 5. The van der Waals surface area contributed by atoms with Crippen LogP contribution in [0.3, 0.4) is 0 Å². The van der Waals surface area contributed by atoms with E-state index in [0.29, 0.717) is 16.7 Å². The Labute approximate surface area is 120 Å². The Kier molecular flexibility index (Phi) is 4.33. The molecule has 2 heterocycles. The largest absolute Gasteiger partial charge is 0.461 e. The van der Waals surface area contributed by atoms with Gasteiger partial charge in [0.2, 0.25) is 16.9 Å². The topological polar surface area (TPSA) is 99.0 Å². The van der Waals surface area contributed by atoms with Gasteiger partial charge in [0.1, 0.15) is 0 Å². The predicted octanol–water partition coefficient (Wildman–Crippen LogP) is 1.26. The molecule has 108 valence electrons. The number of nitrogens with one attached hydrogen (secondary N) is 1. The lowest BCUT2D eigenvalue weighted by molar-refractivity contribution is -0.120. The molecule has 0 spiro atoms. The van der Waals surface area contributed by atoms with Crippen molar-refractivity contribution in [3.63, 3.8) is 0 Å². The highest BCUT2D eigenvalue weighted by Crippen LogP contribution is 2.24. The van der Waals surface area contributed by atoms with E-state index in [1.807, 2.05) is 13.8 Å². The van der Waals surface area contributed by atoms with E-state index in [9.17, 15) is 4.79 Å². The Hall–Kier alpha value is -1.96. The molecule has 0 aromatic carbocycles. The Morgan fingerprint density at radius 3 is 2.80 bits per heavy atom. The van der Waals surface area contributed by atoms with Crippen molar-refractivity contribution in [3.05, 3.63) is 18.4 Å². The number of nitrogen functional groups attached to an aromatic ring is 1. The highest BCUT2D eigenvalue weighted by atomic mass is 32.2. The second-order valence-corrected chi connectivity index (χ2v) is 5.88. The maximum atomic E-state index is 11.9. The summed E-state index contributed by atoms with van der Waals surface area (Å²) in [5, 5.41) is 10.9. The van der Waals surface area contributed by atoms with Gasteiger partial charge in [0.15, 0.2) is 5.76 Å². The van der Waals surface area contributed by atoms with Gasteiger partial charge in [-0.25, -0.2) is 4.68 Å². The minimum atomic E-state index is -0.312. The third-order valence-corrected chi connectivity index (χ3v) is 3.55. The van der Waals surface area contributed by atoms with Crippen LogP contribution in [0.1, 0.15) is 20.8 Å². The fraction of sp³-hybridized carbons (Fsp3) is 0.417. The van der Waals surface area contributed by atoms with Crippen molar-refractivity contribution in [2.24, 2.45) is 0 Å². The summed E-state index contributed by atoms with van der Waals surface area (Å²) in [6.45, 7) is 5.62. The standard InChI is InChI=1S/C12H17N5O2S/c1-7(2)14-11(18)8(3)20-12-16-15-10(17(12)13)9-5-4-6-19-9/h4-8H,13H2,1-3H3,(H,14,18). The lowest BCUT2D eigenvalue weighted by atomic mass is 10.3. The van der Waals surface area contributed by atoms with Crippen LogP contribution in [0.2, 0.25) is 0 Å². The molecule has 0 saturated heterocycles. The van der Waals surface area contributed by atoms with Crippen LogP contribution in [0.15, 0.2) is 28.0 Å². The minimum absolute atomic E-state index is 0.0625. The van der Waals surface area contributed by atoms with Gasteiger partial charge in [0.25, 0.3) is 0 Å². The third-order valence-electron chi connectivity index (χ3n) is 2.49. The number of furan rings is 1. The molecule has 0 aliphatic heterocycles. The van der Waals surface area contributed by atoms with Crippen molar-refractivity contribution >= 4 is 17.7 Å². The average molecular weight is 295 g/mol. The zero-order valence-electron chi connectivity index (χ0n) is 11.5. The number of amides is 1. The molecule has 0 fully saturated rings. The van der Waals surface area contributed by atoms with Crippen LogP contribution >= 0.6 is 11.8 Å². The highest BCUT2D eigenvalue weighted by molar-refractivity contribution is 8.00. The van der Waals surface area contributed by atoms with E-state index in [4.69, 9.17) is 10.3 Å². The fourth-order valence-corrected chi connectivity index (χ4v) is 2.32. The lowest BCUT2D eigenvalue weighted by Gasteiger charge is -2.13. The molecule has 0 bridgehead atoms. The third kappa shape index (κ3) is 3.13. The zero-order chi connectivity index (χ0) is 14.7. The first-order valence-corrected chi connectivity index (χ1v) is 7.08. The number of thioether (sulfide) groups is 1. The number of hydrogen-bond acceptors (Lipinski definition) is 6. The number of nitrogens with two attached hydrogens (primary N) is 1. The van der Waals surface area contributed by atoms with E-state index < -0.39 is 0 Å².